The van der Waals surface area contributed by atoms with Gasteiger partial charge in [0.05, 0.1) is 25.9 Å². The summed E-state index contributed by atoms with van der Waals surface area (Å²) in [6.07, 6.45) is 0.427. The Labute approximate surface area is 226 Å². The van der Waals surface area contributed by atoms with Gasteiger partial charge in [-0.2, -0.15) is 0 Å². The van der Waals surface area contributed by atoms with Crippen molar-refractivity contribution < 1.29 is 38.0 Å². The number of aromatic hydroxyl groups is 1. The first kappa shape index (κ1) is 27.7. The third kappa shape index (κ3) is 6.39. The molecule has 0 bridgehead atoms. The molecule has 39 heavy (non-hydrogen) atoms. The lowest BCUT2D eigenvalue weighted by molar-refractivity contribution is -0.121. The molecule has 3 aromatic rings. The first-order valence-electron chi connectivity index (χ1n) is 12.8. The predicted molar refractivity (Wildman–Crippen MR) is 142 cm³/mol. The van der Waals surface area contributed by atoms with Crippen molar-refractivity contribution in [3.8, 4) is 34.5 Å². The number of amides is 1. The van der Waals surface area contributed by atoms with Crippen molar-refractivity contribution in [2.45, 2.75) is 39.5 Å². The van der Waals surface area contributed by atoms with Crippen LogP contribution < -0.4 is 34.6 Å². The highest BCUT2D eigenvalue weighted by Crippen LogP contribution is 2.45. The highest BCUT2D eigenvalue weighted by Gasteiger charge is 2.29. The smallest absolute Gasteiger partial charge is 0.343 e. The van der Waals surface area contributed by atoms with Crippen LogP contribution in [0.2, 0.25) is 0 Å². The molecule has 1 aliphatic rings. The topological polar surface area (TPSA) is 126 Å². The van der Waals surface area contributed by atoms with Gasteiger partial charge in [0.2, 0.25) is 18.4 Å². The highest BCUT2D eigenvalue weighted by atomic mass is 16.7. The zero-order valence-corrected chi connectivity index (χ0v) is 22.5. The molecule has 1 atom stereocenters. The van der Waals surface area contributed by atoms with Gasteiger partial charge >= 0.3 is 5.63 Å². The van der Waals surface area contributed by atoms with Crippen molar-refractivity contribution in [1.82, 2.24) is 5.32 Å². The van der Waals surface area contributed by atoms with Gasteiger partial charge in [-0.25, -0.2) is 4.79 Å². The van der Waals surface area contributed by atoms with Crippen LogP contribution in [0.5, 0.6) is 34.5 Å². The van der Waals surface area contributed by atoms with Crippen molar-refractivity contribution in [3.63, 3.8) is 0 Å². The number of carbonyl (C=O) groups excluding carboxylic acids is 1. The van der Waals surface area contributed by atoms with Crippen molar-refractivity contribution in [2.75, 3.05) is 33.7 Å². The van der Waals surface area contributed by atoms with Gasteiger partial charge < -0.3 is 38.5 Å². The van der Waals surface area contributed by atoms with Crippen LogP contribution in [-0.4, -0.2) is 44.7 Å². The molecule has 10 nitrogen and oxygen atoms in total. The summed E-state index contributed by atoms with van der Waals surface area (Å²) in [4.78, 5) is 26.0. The summed E-state index contributed by atoms with van der Waals surface area (Å²) in [5, 5.41) is 13.6. The minimum Gasteiger partial charge on any atom is -0.507 e. The van der Waals surface area contributed by atoms with Crippen LogP contribution in [0.15, 0.2) is 45.6 Å². The van der Waals surface area contributed by atoms with E-state index in [-0.39, 0.29) is 36.2 Å². The molecule has 0 spiro atoms. The largest absolute Gasteiger partial charge is 0.507 e. The number of aryl methyl sites for hydroxylation is 1. The van der Waals surface area contributed by atoms with E-state index < -0.39 is 11.5 Å². The minimum absolute atomic E-state index is 0.0226. The molecule has 0 radical (unpaired) electrons. The molecule has 0 aliphatic carbocycles. The lowest BCUT2D eigenvalue weighted by atomic mass is 9.88. The maximum absolute atomic E-state index is 13.1. The molecule has 2 aromatic carbocycles. The Balaban J connectivity index is 1.54. The van der Waals surface area contributed by atoms with Crippen LogP contribution >= 0.6 is 0 Å². The van der Waals surface area contributed by atoms with Gasteiger partial charge in [-0.15, -0.1) is 0 Å². The van der Waals surface area contributed by atoms with Crippen molar-refractivity contribution in [2.24, 2.45) is 0 Å². The second kappa shape index (κ2) is 12.5. The second-order valence-electron chi connectivity index (χ2n) is 8.90. The van der Waals surface area contributed by atoms with Gasteiger partial charge in [0.1, 0.15) is 11.5 Å². The number of benzene rings is 2. The Morgan fingerprint density at radius 3 is 2.54 bits per heavy atom. The molecular weight excluding hydrogens is 506 g/mol. The summed E-state index contributed by atoms with van der Waals surface area (Å²) < 4.78 is 33.0. The SMILES string of the molecule is CCOc1ccc(CCNC(=O)C[C@@H](c2cc(OC)c3c(c2)OCO3)c2c(O)cc(C)oc2=O)cc1OCC. The molecule has 1 aromatic heterocycles. The van der Waals surface area contributed by atoms with Gasteiger partial charge in [0.15, 0.2) is 23.0 Å². The number of hydrogen-bond donors (Lipinski definition) is 2. The normalized spacial score (nSPS) is 12.6. The Hall–Kier alpha value is -4.34. The molecule has 208 valence electrons. The molecular formula is C29H33NO9. The number of fused-ring (bicyclic) bond motifs is 1. The highest BCUT2D eigenvalue weighted by molar-refractivity contribution is 5.78. The van der Waals surface area contributed by atoms with Crippen LogP contribution in [0.25, 0.3) is 0 Å². The predicted octanol–water partition coefficient (Wildman–Crippen LogP) is 4.07. The lowest BCUT2D eigenvalue weighted by Crippen LogP contribution is -2.28. The average molecular weight is 540 g/mol. The van der Waals surface area contributed by atoms with Crippen molar-refractivity contribution >= 4 is 5.91 Å². The summed E-state index contributed by atoms with van der Waals surface area (Å²) in [6.45, 7) is 6.79. The number of nitrogens with one attached hydrogen (secondary N) is 1. The van der Waals surface area contributed by atoms with Crippen molar-refractivity contribution in [1.29, 1.82) is 0 Å². The Morgan fingerprint density at radius 2 is 1.82 bits per heavy atom. The maximum atomic E-state index is 13.1. The summed E-state index contributed by atoms with van der Waals surface area (Å²) >= 11 is 0. The Bertz CT molecular complexity index is 1380. The van der Waals surface area contributed by atoms with E-state index in [2.05, 4.69) is 5.32 Å². The number of rotatable bonds is 12. The van der Waals surface area contributed by atoms with Gasteiger partial charge in [-0.1, -0.05) is 6.07 Å². The fourth-order valence-corrected chi connectivity index (χ4v) is 4.52. The fourth-order valence-electron chi connectivity index (χ4n) is 4.52. The zero-order chi connectivity index (χ0) is 27.9. The molecule has 2 N–H and O–H groups in total. The molecule has 1 aliphatic heterocycles. The molecule has 10 heteroatoms. The van der Waals surface area contributed by atoms with E-state index in [9.17, 15) is 14.7 Å². The molecule has 0 saturated heterocycles. The standard InChI is InChI=1S/C29H33NO9/c1-5-35-22-8-7-18(12-23(22)36-6-2)9-10-30-26(32)15-20(27-21(31)11-17(3)39-29(27)33)19-13-24(34-4)28-25(14-19)37-16-38-28/h7-8,11-14,20,31H,5-6,9-10,15-16H2,1-4H3,(H,30,32)/t20-/m0/s1. The van der Waals surface area contributed by atoms with E-state index in [0.717, 1.165) is 5.56 Å². The number of methoxy groups -OCH3 is 1. The molecule has 4 rings (SSSR count). The average Bonchev–Trinajstić information content (AvgIpc) is 3.37. The lowest BCUT2D eigenvalue weighted by Gasteiger charge is -2.19. The fraction of sp³-hybridized carbons (Fsp3) is 0.379. The second-order valence-corrected chi connectivity index (χ2v) is 8.90. The number of carbonyl (C=O) groups is 1. The molecule has 1 amide bonds. The van der Waals surface area contributed by atoms with Crippen LogP contribution in [0, 0.1) is 6.92 Å². The number of hydrogen-bond acceptors (Lipinski definition) is 9. The van der Waals surface area contributed by atoms with Gasteiger partial charge in [-0.3, -0.25) is 4.79 Å². The minimum atomic E-state index is -0.833. The first-order chi connectivity index (χ1) is 18.8. The van der Waals surface area contributed by atoms with E-state index in [1.807, 2.05) is 32.0 Å². The third-order valence-corrected chi connectivity index (χ3v) is 6.25. The van der Waals surface area contributed by atoms with Gasteiger partial charge in [0.25, 0.3) is 0 Å². The molecule has 0 saturated carbocycles. The summed E-state index contributed by atoms with van der Waals surface area (Å²) in [6, 6.07) is 10.4. The monoisotopic (exact) mass is 539 g/mol. The van der Waals surface area contributed by atoms with E-state index >= 15 is 0 Å². The van der Waals surface area contributed by atoms with E-state index in [1.54, 1.807) is 19.1 Å². The first-order valence-corrected chi connectivity index (χ1v) is 12.8. The van der Waals surface area contributed by atoms with E-state index in [0.29, 0.717) is 60.5 Å². The maximum Gasteiger partial charge on any atom is 0.343 e. The molecule has 0 fully saturated rings. The van der Waals surface area contributed by atoms with E-state index in [1.165, 1.54) is 13.2 Å². The zero-order valence-electron chi connectivity index (χ0n) is 22.5. The van der Waals surface area contributed by atoms with Crippen LogP contribution in [0.1, 0.15) is 48.6 Å². The number of ether oxygens (including phenoxy) is 5. The summed E-state index contributed by atoms with van der Waals surface area (Å²) in [7, 11) is 1.48. The summed E-state index contributed by atoms with van der Waals surface area (Å²) in [5.74, 6) is 1.44. The van der Waals surface area contributed by atoms with Crippen LogP contribution in [0.3, 0.4) is 0 Å². The Morgan fingerprint density at radius 1 is 1.05 bits per heavy atom. The molecule has 2 heterocycles. The Kier molecular flexibility index (Phi) is 8.85. The van der Waals surface area contributed by atoms with E-state index in [4.69, 9.17) is 28.1 Å². The van der Waals surface area contributed by atoms with Crippen molar-refractivity contribution in [3.05, 3.63) is 69.3 Å². The molecule has 0 unspecified atom stereocenters. The third-order valence-electron chi connectivity index (χ3n) is 6.25. The van der Waals surface area contributed by atoms with Crippen LogP contribution in [0.4, 0.5) is 0 Å². The summed E-state index contributed by atoms with van der Waals surface area (Å²) in [5.41, 5.74) is 0.756. The van der Waals surface area contributed by atoms with Crippen LogP contribution in [-0.2, 0) is 11.2 Å². The van der Waals surface area contributed by atoms with Gasteiger partial charge in [0, 0.05) is 24.9 Å². The quantitative estimate of drug-likeness (QED) is 0.350. The van der Waals surface area contributed by atoms with Gasteiger partial charge in [-0.05, 0) is 62.6 Å².